The molecule has 0 saturated carbocycles. The Balaban J connectivity index is 1.97. The molecule has 0 aliphatic carbocycles. The van der Waals surface area contributed by atoms with Gasteiger partial charge in [0.2, 0.25) is 0 Å². The molecule has 4 atom stereocenters. The first-order valence-corrected chi connectivity index (χ1v) is 8.34. The molecule has 4 heteroatoms. The van der Waals surface area contributed by atoms with E-state index in [0.29, 0.717) is 12.8 Å². The fourth-order valence-corrected chi connectivity index (χ4v) is 3.86. The van der Waals surface area contributed by atoms with E-state index in [-0.39, 0.29) is 18.0 Å². The third kappa shape index (κ3) is 3.14. The molecule has 2 N–H and O–H groups in total. The van der Waals surface area contributed by atoms with Crippen LogP contribution in [0.25, 0.3) is 0 Å². The van der Waals surface area contributed by atoms with Gasteiger partial charge in [0.1, 0.15) is 11.5 Å². The summed E-state index contributed by atoms with van der Waals surface area (Å²) in [6.45, 7) is 5.99. The van der Waals surface area contributed by atoms with Crippen molar-refractivity contribution in [2.75, 3.05) is 0 Å². The van der Waals surface area contributed by atoms with Crippen molar-refractivity contribution < 1.29 is 13.9 Å². The lowest BCUT2D eigenvalue weighted by Crippen LogP contribution is -2.52. The lowest BCUT2D eigenvalue weighted by Gasteiger charge is -2.47. The van der Waals surface area contributed by atoms with Gasteiger partial charge in [0.25, 0.3) is 0 Å². The van der Waals surface area contributed by atoms with Gasteiger partial charge in [0, 0.05) is 5.92 Å². The van der Waals surface area contributed by atoms with Gasteiger partial charge in [0.15, 0.2) is 0 Å². The van der Waals surface area contributed by atoms with Crippen molar-refractivity contribution >= 4 is 0 Å². The van der Waals surface area contributed by atoms with Crippen LogP contribution in [0.3, 0.4) is 0 Å². The van der Waals surface area contributed by atoms with E-state index in [0.717, 1.165) is 24.4 Å². The molecule has 4 nitrogen and oxygen atoms in total. The minimum Gasteiger partial charge on any atom is -0.468 e. The minimum absolute atomic E-state index is 0.0428. The summed E-state index contributed by atoms with van der Waals surface area (Å²) in [5.74, 6) is 1.78. The second-order valence-corrected chi connectivity index (χ2v) is 6.42. The molecule has 2 aromatic heterocycles. The summed E-state index contributed by atoms with van der Waals surface area (Å²) in [5, 5.41) is 15.0. The Morgan fingerprint density at radius 1 is 1.30 bits per heavy atom. The average molecular weight is 315 g/mol. The fraction of sp³-hybridized carbons (Fsp3) is 0.474. The second-order valence-electron chi connectivity index (χ2n) is 6.42. The van der Waals surface area contributed by atoms with Crippen molar-refractivity contribution in [2.45, 2.75) is 50.3 Å². The number of piperidine rings is 1. The van der Waals surface area contributed by atoms with Gasteiger partial charge in [0.05, 0.1) is 30.2 Å². The Hall–Kier alpha value is -1.78. The van der Waals surface area contributed by atoms with Gasteiger partial charge in [-0.25, -0.2) is 0 Å². The van der Waals surface area contributed by atoms with Crippen molar-refractivity contribution in [3.05, 3.63) is 61.0 Å². The molecule has 0 amide bonds. The summed E-state index contributed by atoms with van der Waals surface area (Å²) in [7, 11) is 0. The van der Waals surface area contributed by atoms with Crippen molar-refractivity contribution in [3.63, 3.8) is 0 Å². The van der Waals surface area contributed by atoms with E-state index in [1.165, 1.54) is 0 Å². The zero-order valence-electron chi connectivity index (χ0n) is 13.6. The lowest BCUT2D eigenvalue weighted by molar-refractivity contribution is -0.0815. The van der Waals surface area contributed by atoms with Crippen LogP contribution in [-0.4, -0.2) is 10.7 Å². The summed E-state index contributed by atoms with van der Waals surface area (Å²) in [6, 6.07) is 7.61. The maximum atomic E-state index is 11.4. The molecule has 3 heterocycles. The number of aliphatic hydroxyl groups is 1. The molecule has 2 aromatic rings. The quantitative estimate of drug-likeness (QED) is 0.777. The normalized spacial score (nSPS) is 31.1. The van der Waals surface area contributed by atoms with E-state index >= 15 is 0 Å². The van der Waals surface area contributed by atoms with Gasteiger partial charge >= 0.3 is 0 Å². The molecule has 0 unspecified atom stereocenters. The smallest absolute Gasteiger partial charge is 0.121 e. The number of nitrogens with one attached hydrogen (secondary N) is 1. The van der Waals surface area contributed by atoms with Crippen LogP contribution in [0, 0.1) is 5.92 Å². The first-order valence-electron chi connectivity index (χ1n) is 8.34. The van der Waals surface area contributed by atoms with Gasteiger partial charge in [-0.2, -0.15) is 0 Å². The van der Waals surface area contributed by atoms with E-state index in [1.54, 1.807) is 12.5 Å². The van der Waals surface area contributed by atoms with Crippen LogP contribution in [0.2, 0.25) is 0 Å². The van der Waals surface area contributed by atoms with E-state index in [9.17, 15) is 5.11 Å². The zero-order chi connectivity index (χ0) is 16.3. The van der Waals surface area contributed by atoms with Crippen LogP contribution in [0.1, 0.15) is 56.2 Å². The molecular weight excluding hydrogens is 290 g/mol. The van der Waals surface area contributed by atoms with Crippen molar-refractivity contribution in [2.24, 2.45) is 5.92 Å². The van der Waals surface area contributed by atoms with Crippen molar-refractivity contribution in [3.8, 4) is 0 Å². The monoisotopic (exact) mass is 315 g/mol. The summed E-state index contributed by atoms with van der Waals surface area (Å²) in [6.07, 6.45) is 8.27. The molecule has 0 radical (unpaired) electrons. The highest BCUT2D eigenvalue weighted by molar-refractivity contribution is 5.17. The summed E-state index contributed by atoms with van der Waals surface area (Å²) in [5.41, 5.74) is -0.822. The largest absolute Gasteiger partial charge is 0.468 e. The maximum Gasteiger partial charge on any atom is 0.121 e. The van der Waals surface area contributed by atoms with Crippen molar-refractivity contribution in [1.29, 1.82) is 0 Å². The highest BCUT2D eigenvalue weighted by Crippen LogP contribution is 2.47. The Morgan fingerprint density at radius 2 is 2.00 bits per heavy atom. The third-order valence-electron chi connectivity index (χ3n) is 4.86. The second kappa shape index (κ2) is 6.77. The minimum atomic E-state index is -0.822. The molecule has 0 aromatic carbocycles. The van der Waals surface area contributed by atoms with E-state index in [1.807, 2.05) is 30.3 Å². The zero-order valence-corrected chi connectivity index (χ0v) is 13.6. The molecule has 1 aliphatic heterocycles. The van der Waals surface area contributed by atoms with Gasteiger partial charge < -0.3 is 13.9 Å². The molecule has 23 heavy (non-hydrogen) atoms. The average Bonchev–Trinajstić information content (AvgIpc) is 3.22. The van der Waals surface area contributed by atoms with Crippen LogP contribution >= 0.6 is 0 Å². The van der Waals surface area contributed by atoms with E-state index in [2.05, 4.69) is 18.8 Å². The van der Waals surface area contributed by atoms with Gasteiger partial charge in [-0.15, -0.1) is 6.58 Å². The molecule has 3 rings (SSSR count). The van der Waals surface area contributed by atoms with Gasteiger partial charge in [-0.05, 0) is 43.5 Å². The maximum absolute atomic E-state index is 11.4. The Morgan fingerprint density at radius 3 is 2.57 bits per heavy atom. The molecular formula is C19H25NO3. The van der Waals surface area contributed by atoms with Crippen LogP contribution in [0.5, 0.6) is 0 Å². The molecule has 0 spiro atoms. The Bertz CT molecular complexity index is 605. The van der Waals surface area contributed by atoms with Crippen LogP contribution < -0.4 is 5.32 Å². The topological polar surface area (TPSA) is 58.5 Å². The highest BCUT2D eigenvalue weighted by atomic mass is 16.3. The summed E-state index contributed by atoms with van der Waals surface area (Å²) >= 11 is 0. The summed E-state index contributed by atoms with van der Waals surface area (Å²) in [4.78, 5) is 0. The molecule has 1 saturated heterocycles. The van der Waals surface area contributed by atoms with Crippen LogP contribution in [-0.2, 0) is 0 Å². The fourth-order valence-electron chi connectivity index (χ4n) is 3.86. The standard InChI is InChI=1S/C19H25NO3/c1-3-7-14-18(17-9-6-12-23-17)20-15(16-8-5-11-22-16)13-19(14,21)10-4-2/h4-6,8-9,11-12,14-15,18,20-21H,2-3,7,10,13H2,1H3/t14-,15-,18+,19+/m1/s1. The Kier molecular flexibility index (Phi) is 4.74. The highest BCUT2D eigenvalue weighted by Gasteiger charge is 2.48. The molecule has 0 bridgehead atoms. The van der Waals surface area contributed by atoms with Gasteiger partial charge in [-0.3, -0.25) is 5.32 Å². The SMILES string of the molecule is C=CC[C@]1(O)C[C@H](c2ccco2)N[C@H](c2ccco2)[C@H]1CCC. The van der Waals surface area contributed by atoms with Crippen molar-refractivity contribution in [1.82, 2.24) is 5.32 Å². The number of furan rings is 2. The van der Waals surface area contributed by atoms with Gasteiger partial charge in [-0.1, -0.05) is 19.4 Å². The number of hydrogen-bond donors (Lipinski definition) is 2. The molecule has 124 valence electrons. The summed E-state index contributed by atoms with van der Waals surface area (Å²) < 4.78 is 11.2. The third-order valence-corrected chi connectivity index (χ3v) is 4.86. The first-order chi connectivity index (χ1) is 11.2. The van der Waals surface area contributed by atoms with Crippen LogP contribution in [0.15, 0.2) is 58.3 Å². The Labute approximate surface area is 137 Å². The molecule has 1 fully saturated rings. The van der Waals surface area contributed by atoms with Crippen LogP contribution in [0.4, 0.5) is 0 Å². The first kappa shape index (κ1) is 16.1. The molecule has 1 aliphatic rings. The number of rotatable bonds is 6. The van der Waals surface area contributed by atoms with E-state index in [4.69, 9.17) is 8.83 Å². The van der Waals surface area contributed by atoms with E-state index < -0.39 is 5.60 Å². The number of hydrogen-bond acceptors (Lipinski definition) is 4. The predicted octanol–water partition coefficient (Wildman–Crippen LogP) is 4.37. The predicted molar refractivity (Wildman–Crippen MR) is 88.8 cm³/mol. The lowest BCUT2D eigenvalue weighted by atomic mass is 9.69.